The number of para-hydroxylation sites is 2. The number of carbonyl (C=O) groups excluding carboxylic acids is 1. The smallest absolute Gasteiger partial charge is 0.281 e. The number of pyridine rings is 1. The molecule has 2 aromatic heterocycles. The first kappa shape index (κ1) is 17.2. The fraction of sp³-hybridized carbons (Fsp3) is 0.111. The molecule has 0 spiro atoms. The summed E-state index contributed by atoms with van der Waals surface area (Å²) < 4.78 is 6.22. The van der Waals surface area contributed by atoms with Gasteiger partial charge in [0.15, 0.2) is 11.4 Å². The molecule has 0 fully saturated rings. The Hall–Kier alpha value is -3.68. The third-order valence-electron chi connectivity index (χ3n) is 3.57. The Balaban J connectivity index is 2.03. The number of carbonyl (C=O) groups is 1. The van der Waals surface area contributed by atoms with Gasteiger partial charge in [-0.3, -0.25) is 9.59 Å². The second-order valence-corrected chi connectivity index (χ2v) is 5.42. The predicted octanol–water partition coefficient (Wildman–Crippen LogP) is 1.90. The zero-order valence-corrected chi connectivity index (χ0v) is 14.1. The number of benzene rings is 1. The van der Waals surface area contributed by atoms with E-state index < -0.39 is 17.2 Å². The fourth-order valence-electron chi connectivity index (χ4n) is 2.37. The van der Waals surface area contributed by atoms with Gasteiger partial charge in [-0.15, -0.1) is 0 Å². The van der Waals surface area contributed by atoms with Crippen LogP contribution >= 0.6 is 0 Å². The summed E-state index contributed by atoms with van der Waals surface area (Å²) in [5, 5.41) is 16.6. The highest BCUT2D eigenvalue weighted by Gasteiger charge is 2.18. The molecule has 0 saturated heterocycles. The number of nitrogens with zero attached hydrogens (tertiary/aromatic N) is 3. The molecule has 8 heteroatoms. The van der Waals surface area contributed by atoms with Crippen LogP contribution in [0.1, 0.15) is 16.2 Å². The third-order valence-corrected chi connectivity index (χ3v) is 3.57. The quantitative estimate of drug-likeness (QED) is 0.743. The summed E-state index contributed by atoms with van der Waals surface area (Å²) >= 11 is 0. The summed E-state index contributed by atoms with van der Waals surface area (Å²) in [7, 11) is 1.46. The third kappa shape index (κ3) is 3.39. The number of aromatic hydroxyl groups is 1. The highest BCUT2D eigenvalue weighted by atomic mass is 16.5. The van der Waals surface area contributed by atoms with Crippen molar-refractivity contribution in [1.82, 2.24) is 14.8 Å². The topological polar surface area (TPSA) is 106 Å². The zero-order chi connectivity index (χ0) is 18.7. The average molecular weight is 352 g/mol. The number of rotatable bonds is 4. The molecule has 1 amide bonds. The number of anilines is 1. The summed E-state index contributed by atoms with van der Waals surface area (Å²) in [6.07, 6.45) is 0. The Morgan fingerprint density at radius 3 is 2.69 bits per heavy atom. The molecule has 1 aromatic carbocycles. The lowest BCUT2D eigenvalue weighted by atomic mass is 10.3. The van der Waals surface area contributed by atoms with Crippen LogP contribution in [-0.4, -0.2) is 32.9 Å². The standard InChI is InChI=1S/C18H16N4O4/c1-11-6-5-9-15(19-11)20-18(25)17-13(23)10-16(24)22(21-17)12-7-3-4-8-14(12)26-2/h3-10,23H,1-2H3,(H,19,20,25). The van der Waals surface area contributed by atoms with E-state index in [0.717, 1.165) is 16.4 Å². The zero-order valence-electron chi connectivity index (χ0n) is 14.1. The Bertz CT molecular complexity index is 1030. The Morgan fingerprint density at radius 1 is 1.19 bits per heavy atom. The number of aryl methyl sites for hydroxylation is 1. The average Bonchev–Trinajstić information content (AvgIpc) is 2.61. The summed E-state index contributed by atoms with van der Waals surface area (Å²) in [4.78, 5) is 28.9. The van der Waals surface area contributed by atoms with E-state index in [1.54, 1.807) is 49.4 Å². The molecule has 26 heavy (non-hydrogen) atoms. The molecule has 3 aromatic rings. The van der Waals surface area contributed by atoms with Crippen molar-refractivity contribution in [2.75, 3.05) is 12.4 Å². The molecule has 0 radical (unpaired) electrons. The Labute approximate surface area is 148 Å². The lowest BCUT2D eigenvalue weighted by Crippen LogP contribution is -2.25. The van der Waals surface area contributed by atoms with Gasteiger partial charge in [0.25, 0.3) is 11.5 Å². The monoisotopic (exact) mass is 352 g/mol. The van der Waals surface area contributed by atoms with Crippen LogP contribution in [0.3, 0.4) is 0 Å². The van der Waals surface area contributed by atoms with E-state index in [2.05, 4.69) is 15.4 Å². The molecule has 0 bridgehead atoms. The SMILES string of the molecule is COc1ccccc1-n1nc(C(=O)Nc2cccc(C)n2)c(O)cc1=O. The van der Waals surface area contributed by atoms with Crippen molar-refractivity contribution < 1.29 is 14.6 Å². The first-order valence-corrected chi connectivity index (χ1v) is 7.71. The molecule has 0 aliphatic rings. The van der Waals surface area contributed by atoms with Gasteiger partial charge in [0.1, 0.15) is 17.3 Å². The van der Waals surface area contributed by atoms with Crippen molar-refractivity contribution in [2.24, 2.45) is 0 Å². The minimum atomic E-state index is -0.691. The number of hydrogen-bond acceptors (Lipinski definition) is 6. The number of methoxy groups -OCH3 is 1. The maximum Gasteiger partial charge on any atom is 0.281 e. The van der Waals surface area contributed by atoms with Gasteiger partial charge in [0.05, 0.1) is 7.11 Å². The molecule has 0 unspecified atom stereocenters. The molecule has 3 rings (SSSR count). The second kappa shape index (κ2) is 7.06. The van der Waals surface area contributed by atoms with Crippen LogP contribution in [0.5, 0.6) is 11.5 Å². The molecule has 132 valence electrons. The van der Waals surface area contributed by atoms with Gasteiger partial charge in [-0.1, -0.05) is 18.2 Å². The molecule has 0 aliphatic heterocycles. The van der Waals surface area contributed by atoms with Gasteiger partial charge in [0, 0.05) is 11.8 Å². The minimum absolute atomic E-state index is 0.307. The normalized spacial score (nSPS) is 10.4. The summed E-state index contributed by atoms with van der Waals surface area (Å²) in [5.41, 5.74) is 0.165. The predicted molar refractivity (Wildman–Crippen MR) is 95.0 cm³/mol. The van der Waals surface area contributed by atoms with E-state index in [4.69, 9.17) is 4.74 Å². The number of nitrogens with one attached hydrogen (secondary N) is 1. The first-order chi connectivity index (χ1) is 12.5. The molecule has 2 N–H and O–H groups in total. The van der Waals surface area contributed by atoms with Crippen LogP contribution in [0.2, 0.25) is 0 Å². The van der Waals surface area contributed by atoms with E-state index in [1.807, 2.05) is 0 Å². The van der Waals surface area contributed by atoms with Crippen molar-refractivity contribution >= 4 is 11.7 Å². The van der Waals surface area contributed by atoms with Crippen molar-refractivity contribution in [3.05, 3.63) is 70.3 Å². The van der Waals surface area contributed by atoms with Crippen molar-refractivity contribution in [3.63, 3.8) is 0 Å². The van der Waals surface area contributed by atoms with Gasteiger partial charge in [-0.2, -0.15) is 9.78 Å². The van der Waals surface area contributed by atoms with Gasteiger partial charge in [-0.25, -0.2) is 4.98 Å². The number of aromatic nitrogens is 3. The van der Waals surface area contributed by atoms with Gasteiger partial charge in [0.2, 0.25) is 0 Å². The lowest BCUT2D eigenvalue weighted by Gasteiger charge is -2.12. The summed E-state index contributed by atoms with van der Waals surface area (Å²) in [6.45, 7) is 1.78. The van der Waals surface area contributed by atoms with E-state index in [9.17, 15) is 14.7 Å². The van der Waals surface area contributed by atoms with Crippen LogP contribution in [0, 0.1) is 6.92 Å². The van der Waals surface area contributed by atoms with Crippen LogP contribution < -0.4 is 15.6 Å². The molecular weight excluding hydrogens is 336 g/mol. The van der Waals surface area contributed by atoms with E-state index in [0.29, 0.717) is 17.3 Å². The lowest BCUT2D eigenvalue weighted by molar-refractivity contribution is 0.101. The second-order valence-electron chi connectivity index (χ2n) is 5.42. The molecule has 0 atom stereocenters. The molecule has 0 saturated carbocycles. The van der Waals surface area contributed by atoms with Crippen LogP contribution in [-0.2, 0) is 0 Å². The maximum absolute atomic E-state index is 12.5. The van der Waals surface area contributed by atoms with E-state index in [-0.39, 0.29) is 5.69 Å². The van der Waals surface area contributed by atoms with Crippen LogP contribution in [0.4, 0.5) is 5.82 Å². The van der Waals surface area contributed by atoms with Gasteiger partial charge in [-0.05, 0) is 31.2 Å². The van der Waals surface area contributed by atoms with Crippen molar-refractivity contribution in [1.29, 1.82) is 0 Å². The largest absolute Gasteiger partial charge is 0.505 e. The molecule has 0 aliphatic carbocycles. The molecule has 8 nitrogen and oxygen atoms in total. The maximum atomic E-state index is 12.5. The number of ether oxygens (including phenoxy) is 1. The summed E-state index contributed by atoms with van der Waals surface area (Å²) in [5.74, 6) is -0.499. The molecular formula is C18H16N4O4. The highest BCUT2D eigenvalue weighted by Crippen LogP contribution is 2.21. The molecule has 2 heterocycles. The van der Waals surface area contributed by atoms with Crippen molar-refractivity contribution in [2.45, 2.75) is 6.92 Å². The van der Waals surface area contributed by atoms with Gasteiger partial charge < -0.3 is 15.2 Å². The Morgan fingerprint density at radius 2 is 1.96 bits per heavy atom. The Kier molecular flexibility index (Phi) is 4.66. The fourth-order valence-corrected chi connectivity index (χ4v) is 2.37. The summed E-state index contributed by atoms with van der Waals surface area (Å²) in [6, 6.07) is 12.8. The first-order valence-electron chi connectivity index (χ1n) is 7.71. The highest BCUT2D eigenvalue weighted by molar-refractivity contribution is 6.04. The van der Waals surface area contributed by atoms with Crippen LogP contribution in [0.25, 0.3) is 5.69 Å². The van der Waals surface area contributed by atoms with Crippen LogP contribution in [0.15, 0.2) is 53.3 Å². The van der Waals surface area contributed by atoms with Crippen molar-refractivity contribution in [3.8, 4) is 17.2 Å². The number of hydrogen-bond donors (Lipinski definition) is 2. The van der Waals surface area contributed by atoms with E-state index in [1.165, 1.54) is 7.11 Å². The van der Waals surface area contributed by atoms with Gasteiger partial charge >= 0.3 is 0 Å². The minimum Gasteiger partial charge on any atom is -0.505 e. The van der Waals surface area contributed by atoms with E-state index >= 15 is 0 Å². The number of amides is 1.